The number of para-hydroxylation sites is 1. The van der Waals surface area contributed by atoms with Crippen molar-refractivity contribution < 1.29 is 19.5 Å². The van der Waals surface area contributed by atoms with E-state index in [2.05, 4.69) is 21.0 Å². The molecule has 0 heterocycles. The summed E-state index contributed by atoms with van der Waals surface area (Å²) in [5.74, 6) is -0.641. The molecular formula is C23H20N4O4. The van der Waals surface area contributed by atoms with Gasteiger partial charge in [-0.1, -0.05) is 59.8 Å². The Morgan fingerprint density at radius 2 is 1.61 bits per heavy atom. The lowest BCUT2D eigenvalue weighted by molar-refractivity contribution is 0.0952. The second-order valence-electron chi connectivity index (χ2n) is 6.38. The number of rotatable bonds is 6. The van der Waals surface area contributed by atoms with Gasteiger partial charge >= 0.3 is 6.09 Å². The molecule has 3 N–H and O–H groups in total. The Labute approximate surface area is 178 Å². The minimum atomic E-state index is -0.722. The number of nitrogens with one attached hydrogen (secondary N) is 2. The number of phenolic OH excluding ortho intramolecular Hbond substituents is 1. The summed E-state index contributed by atoms with van der Waals surface area (Å²) in [6.07, 6.45) is 0.715. The highest BCUT2D eigenvalue weighted by atomic mass is 16.7. The van der Waals surface area contributed by atoms with Crippen molar-refractivity contribution >= 4 is 29.6 Å². The van der Waals surface area contributed by atoms with Crippen molar-refractivity contribution in [2.24, 2.45) is 10.3 Å². The Morgan fingerprint density at radius 1 is 0.935 bits per heavy atom. The maximum Gasteiger partial charge on any atom is 0.437 e. The van der Waals surface area contributed by atoms with Crippen LogP contribution in [0, 0.1) is 0 Å². The highest BCUT2D eigenvalue weighted by Gasteiger charge is 2.09. The van der Waals surface area contributed by atoms with E-state index < -0.39 is 12.0 Å². The van der Waals surface area contributed by atoms with Crippen LogP contribution in [-0.2, 0) is 4.84 Å². The average Bonchev–Trinajstić information content (AvgIpc) is 2.79. The maximum absolute atomic E-state index is 12.1. The van der Waals surface area contributed by atoms with Gasteiger partial charge in [0.25, 0.3) is 5.91 Å². The molecule has 0 unspecified atom stereocenters. The van der Waals surface area contributed by atoms with E-state index in [0.717, 1.165) is 11.1 Å². The number of carbonyl (C=O) groups is 2. The zero-order chi connectivity index (χ0) is 22.1. The molecule has 0 bridgehead atoms. The van der Waals surface area contributed by atoms with Crippen LogP contribution >= 0.6 is 0 Å². The first-order valence-corrected chi connectivity index (χ1v) is 9.32. The van der Waals surface area contributed by atoms with Crippen LogP contribution in [-0.4, -0.2) is 29.0 Å². The molecule has 2 amide bonds. The van der Waals surface area contributed by atoms with E-state index in [0.29, 0.717) is 11.4 Å². The molecule has 0 radical (unpaired) electrons. The number of benzene rings is 3. The van der Waals surface area contributed by atoms with Gasteiger partial charge in [0.05, 0.1) is 17.5 Å². The van der Waals surface area contributed by atoms with Gasteiger partial charge in [-0.25, -0.2) is 10.2 Å². The van der Waals surface area contributed by atoms with Gasteiger partial charge in [-0.3, -0.25) is 14.9 Å². The number of hydrogen-bond acceptors (Lipinski definition) is 6. The highest BCUT2D eigenvalue weighted by molar-refractivity contribution is 6.02. The minimum absolute atomic E-state index is 0.122. The van der Waals surface area contributed by atoms with Gasteiger partial charge in [0, 0.05) is 5.69 Å². The van der Waals surface area contributed by atoms with Gasteiger partial charge in [0.2, 0.25) is 0 Å². The number of phenols is 1. The molecule has 0 spiro atoms. The number of oxime groups is 1. The standard InChI is InChI=1S/C23H20N4O4/c1-16(26-27-22(29)20-9-5-6-10-21(20)28)18-11-13-19(14-12-18)25-23(30)31-24-15-17-7-3-2-4-8-17/h2-15,28H,1H3,(H,25,30)(H,27,29). The molecule has 0 fully saturated rings. The van der Waals surface area contributed by atoms with Crippen LogP contribution in [0.1, 0.15) is 28.4 Å². The highest BCUT2D eigenvalue weighted by Crippen LogP contribution is 2.15. The van der Waals surface area contributed by atoms with Crippen LogP contribution in [0.15, 0.2) is 89.1 Å². The fourth-order valence-corrected chi connectivity index (χ4v) is 2.53. The van der Waals surface area contributed by atoms with E-state index in [4.69, 9.17) is 4.84 Å². The number of nitrogens with zero attached hydrogens (tertiary/aromatic N) is 2. The fourth-order valence-electron chi connectivity index (χ4n) is 2.53. The number of aromatic hydroxyl groups is 1. The summed E-state index contributed by atoms with van der Waals surface area (Å²) in [6, 6.07) is 22.2. The molecule has 0 saturated carbocycles. The zero-order valence-corrected chi connectivity index (χ0v) is 16.6. The number of amides is 2. The van der Waals surface area contributed by atoms with Crippen molar-refractivity contribution in [3.63, 3.8) is 0 Å². The fraction of sp³-hybridized carbons (Fsp3) is 0.0435. The second-order valence-corrected chi connectivity index (χ2v) is 6.38. The van der Waals surface area contributed by atoms with Gasteiger partial charge in [-0.15, -0.1) is 0 Å². The van der Waals surface area contributed by atoms with Crippen molar-refractivity contribution in [3.05, 3.63) is 95.6 Å². The van der Waals surface area contributed by atoms with E-state index in [1.807, 2.05) is 30.3 Å². The number of carbonyl (C=O) groups excluding carboxylic acids is 2. The van der Waals surface area contributed by atoms with Gasteiger partial charge in [0.1, 0.15) is 5.75 Å². The quantitative estimate of drug-likeness (QED) is 0.319. The molecule has 8 heteroatoms. The largest absolute Gasteiger partial charge is 0.507 e. The zero-order valence-electron chi connectivity index (χ0n) is 16.6. The smallest absolute Gasteiger partial charge is 0.437 e. The van der Waals surface area contributed by atoms with E-state index >= 15 is 0 Å². The number of hydrazone groups is 1. The molecule has 0 aliphatic carbocycles. The molecule has 3 aromatic carbocycles. The Bertz CT molecular complexity index is 1110. The predicted molar refractivity (Wildman–Crippen MR) is 118 cm³/mol. The molecular weight excluding hydrogens is 396 g/mol. The summed E-state index contributed by atoms with van der Waals surface area (Å²) < 4.78 is 0. The molecule has 0 aliphatic rings. The second kappa shape index (κ2) is 10.4. The van der Waals surface area contributed by atoms with Crippen molar-refractivity contribution in [2.75, 3.05) is 5.32 Å². The summed E-state index contributed by atoms with van der Waals surface area (Å²) in [5.41, 5.74) is 5.14. The molecule has 156 valence electrons. The summed E-state index contributed by atoms with van der Waals surface area (Å²) in [4.78, 5) is 28.7. The van der Waals surface area contributed by atoms with Gasteiger partial charge in [-0.2, -0.15) is 5.10 Å². The SMILES string of the molecule is CC(=NNC(=O)c1ccccc1O)c1ccc(NC(=O)ON=Cc2ccccc2)cc1. The van der Waals surface area contributed by atoms with E-state index in [9.17, 15) is 14.7 Å². The summed E-state index contributed by atoms with van der Waals surface area (Å²) >= 11 is 0. The Hall–Kier alpha value is -4.46. The van der Waals surface area contributed by atoms with Crippen LogP contribution in [0.3, 0.4) is 0 Å². The normalized spacial score (nSPS) is 11.2. The van der Waals surface area contributed by atoms with Crippen molar-refractivity contribution in [1.82, 2.24) is 5.43 Å². The molecule has 0 atom stereocenters. The van der Waals surface area contributed by atoms with Gasteiger partial charge in [0.15, 0.2) is 0 Å². The Morgan fingerprint density at radius 3 is 2.32 bits per heavy atom. The number of hydrogen-bond donors (Lipinski definition) is 3. The third-order valence-electron chi connectivity index (χ3n) is 4.16. The summed E-state index contributed by atoms with van der Waals surface area (Å²) in [5, 5.41) is 20.0. The molecule has 0 aromatic heterocycles. The van der Waals surface area contributed by atoms with Crippen molar-refractivity contribution in [1.29, 1.82) is 0 Å². The van der Waals surface area contributed by atoms with Crippen LogP contribution < -0.4 is 10.7 Å². The Balaban J connectivity index is 1.53. The van der Waals surface area contributed by atoms with E-state index in [-0.39, 0.29) is 11.3 Å². The average molecular weight is 416 g/mol. The summed E-state index contributed by atoms with van der Waals surface area (Å²) in [6.45, 7) is 1.72. The number of anilines is 1. The lowest BCUT2D eigenvalue weighted by Gasteiger charge is -2.06. The van der Waals surface area contributed by atoms with Gasteiger partial charge < -0.3 is 5.11 Å². The van der Waals surface area contributed by atoms with Crippen LogP contribution in [0.2, 0.25) is 0 Å². The molecule has 0 saturated heterocycles. The van der Waals surface area contributed by atoms with Crippen LogP contribution in [0.4, 0.5) is 10.5 Å². The van der Waals surface area contributed by atoms with Crippen LogP contribution in [0.5, 0.6) is 5.75 Å². The van der Waals surface area contributed by atoms with Crippen molar-refractivity contribution in [3.8, 4) is 5.75 Å². The third kappa shape index (κ3) is 6.26. The first kappa shape index (κ1) is 21.3. The molecule has 8 nitrogen and oxygen atoms in total. The minimum Gasteiger partial charge on any atom is -0.507 e. The topological polar surface area (TPSA) is 112 Å². The molecule has 31 heavy (non-hydrogen) atoms. The first-order valence-electron chi connectivity index (χ1n) is 9.32. The third-order valence-corrected chi connectivity index (χ3v) is 4.16. The maximum atomic E-state index is 12.1. The summed E-state index contributed by atoms with van der Waals surface area (Å²) in [7, 11) is 0. The predicted octanol–water partition coefficient (Wildman–Crippen LogP) is 4.13. The molecule has 0 aliphatic heterocycles. The molecule has 3 rings (SSSR count). The first-order chi connectivity index (χ1) is 15.0. The Kier molecular flexibility index (Phi) is 7.10. The van der Waals surface area contributed by atoms with Crippen LogP contribution in [0.25, 0.3) is 0 Å². The van der Waals surface area contributed by atoms with Gasteiger partial charge in [-0.05, 0) is 42.3 Å². The van der Waals surface area contributed by atoms with E-state index in [1.54, 1.807) is 43.3 Å². The monoisotopic (exact) mass is 416 g/mol. The van der Waals surface area contributed by atoms with E-state index in [1.165, 1.54) is 18.3 Å². The lowest BCUT2D eigenvalue weighted by atomic mass is 10.1. The van der Waals surface area contributed by atoms with Crippen molar-refractivity contribution in [2.45, 2.75) is 6.92 Å². The lowest BCUT2D eigenvalue weighted by Crippen LogP contribution is -2.19. The molecule has 3 aromatic rings.